The summed E-state index contributed by atoms with van der Waals surface area (Å²) in [5.74, 6) is -0.265. The van der Waals surface area contributed by atoms with E-state index in [1.807, 2.05) is 42.5 Å². The van der Waals surface area contributed by atoms with E-state index in [9.17, 15) is 13.2 Å². The minimum absolute atomic E-state index is 0.0558. The number of likely N-dealkylation sites (tertiary alicyclic amines) is 1. The molecule has 0 bridgehead atoms. The van der Waals surface area contributed by atoms with Crippen LogP contribution in [0.4, 0.5) is 17.1 Å². The molecule has 6 rings (SSSR count). The molecule has 2 aliphatic heterocycles. The number of aromatic nitrogens is 1. The fourth-order valence-electron chi connectivity index (χ4n) is 5.12. The number of nitrogens with one attached hydrogen (secondary N) is 3. The van der Waals surface area contributed by atoms with Crippen molar-refractivity contribution in [2.75, 3.05) is 28.4 Å². The summed E-state index contributed by atoms with van der Waals surface area (Å²) in [5.41, 5.74) is 5.57. The SMILES string of the molecule is O=C1Nc2ccc(NS(=O)(=O)c3cccnc3)cc2/C1=C(/Nc1ccc(CN2CCCC2)cc1)c1ccccc1. The number of fused-ring (bicyclic) bond motifs is 1. The van der Waals surface area contributed by atoms with Gasteiger partial charge in [-0.2, -0.15) is 0 Å². The standard InChI is InChI=1S/C31H29N5O3S/c37-31-29(27-19-25(14-15-28(27)34-31)35-40(38,39)26-9-6-16-32-20-26)30(23-7-2-1-3-8-23)33-24-12-10-22(11-13-24)21-36-17-4-5-18-36/h1-3,6-16,19-20,33,35H,4-5,17-18,21H2,(H,34,37)/b30-29-. The van der Waals surface area contributed by atoms with E-state index in [0.717, 1.165) is 30.9 Å². The van der Waals surface area contributed by atoms with Crippen molar-refractivity contribution in [3.63, 3.8) is 0 Å². The van der Waals surface area contributed by atoms with Crippen LogP contribution in [0.15, 0.2) is 102 Å². The van der Waals surface area contributed by atoms with Crippen LogP contribution in [0.5, 0.6) is 0 Å². The summed E-state index contributed by atoms with van der Waals surface area (Å²) in [6.07, 6.45) is 5.32. The highest BCUT2D eigenvalue weighted by molar-refractivity contribution is 7.92. The van der Waals surface area contributed by atoms with Crippen molar-refractivity contribution >= 4 is 44.3 Å². The minimum Gasteiger partial charge on any atom is -0.354 e. The smallest absolute Gasteiger partial charge is 0.263 e. The third-order valence-electron chi connectivity index (χ3n) is 7.10. The van der Waals surface area contributed by atoms with Gasteiger partial charge in [0.05, 0.1) is 11.3 Å². The molecular formula is C31H29N5O3S. The zero-order valence-corrected chi connectivity index (χ0v) is 22.6. The van der Waals surface area contributed by atoms with Crippen molar-refractivity contribution in [2.45, 2.75) is 24.3 Å². The monoisotopic (exact) mass is 551 g/mol. The molecule has 9 heteroatoms. The average molecular weight is 552 g/mol. The summed E-state index contributed by atoms with van der Waals surface area (Å²) in [5, 5.41) is 6.41. The van der Waals surface area contributed by atoms with E-state index in [-0.39, 0.29) is 10.8 Å². The van der Waals surface area contributed by atoms with E-state index in [0.29, 0.717) is 28.2 Å². The highest BCUT2D eigenvalue weighted by Gasteiger charge is 2.29. The van der Waals surface area contributed by atoms with Gasteiger partial charge < -0.3 is 10.6 Å². The first-order valence-corrected chi connectivity index (χ1v) is 14.7. The van der Waals surface area contributed by atoms with E-state index in [1.54, 1.807) is 24.3 Å². The Labute approximate surface area is 233 Å². The first kappa shape index (κ1) is 25.8. The van der Waals surface area contributed by atoms with Crippen molar-refractivity contribution in [3.8, 4) is 0 Å². The average Bonchev–Trinajstić information content (AvgIpc) is 3.60. The Morgan fingerprint density at radius 1 is 0.900 bits per heavy atom. The molecule has 3 aromatic carbocycles. The molecule has 3 heterocycles. The topological polar surface area (TPSA) is 103 Å². The molecule has 202 valence electrons. The van der Waals surface area contributed by atoms with Crippen LogP contribution < -0.4 is 15.4 Å². The molecule has 1 fully saturated rings. The van der Waals surface area contributed by atoms with Gasteiger partial charge in [-0.1, -0.05) is 42.5 Å². The van der Waals surface area contributed by atoms with Gasteiger partial charge in [0.15, 0.2) is 0 Å². The maximum Gasteiger partial charge on any atom is 0.263 e. The van der Waals surface area contributed by atoms with Crippen molar-refractivity contribution in [2.24, 2.45) is 0 Å². The second-order valence-corrected chi connectivity index (χ2v) is 11.6. The molecule has 8 nitrogen and oxygen atoms in total. The number of amides is 1. The summed E-state index contributed by atoms with van der Waals surface area (Å²) in [6, 6.07) is 26.0. The number of pyridine rings is 1. The largest absolute Gasteiger partial charge is 0.354 e. The molecular weight excluding hydrogens is 522 g/mol. The van der Waals surface area contributed by atoms with Crippen molar-refractivity contribution in [3.05, 3.63) is 114 Å². The Balaban J connectivity index is 1.35. The van der Waals surface area contributed by atoms with Gasteiger partial charge in [-0.05, 0) is 79.5 Å². The maximum atomic E-state index is 13.3. The van der Waals surface area contributed by atoms with Gasteiger partial charge in [0.2, 0.25) is 0 Å². The second kappa shape index (κ2) is 11.0. The summed E-state index contributed by atoms with van der Waals surface area (Å²) in [7, 11) is -3.85. The first-order valence-electron chi connectivity index (χ1n) is 13.2. The first-order chi connectivity index (χ1) is 19.5. The predicted octanol–water partition coefficient (Wildman–Crippen LogP) is 5.41. The molecule has 0 saturated carbocycles. The normalized spacial score (nSPS) is 16.4. The number of sulfonamides is 1. The number of carbonyl (C=O) groups is 1. The lowest BCUT2D eigenvalue weighted by Crippen LogP contribution is -2.18. The van der Waals surface area contributed by atoms with Gasteiger partial charge in [0.25, 0.3) is 15.9 Å². The van der Waals surface area contributed by atoms with E-state index < -0.39 is 10.0 Å². The van der Waals surface area contributed by atoms with Crippen LogP contribution in [0, 0.1) is 0 Å². The molecule has 40 heavy (non-hydrogen) atoms. The lowest BCUT2D eigenvalue weighted by atomic mass is 9.99. The van der Waals surface area contributed by atoms with Gasteiger partial charge in [0, 0.05) is 41.6 Å². The van der Waals surface area contributed by atoms with Gasteiger partial charge in [-0.25, -0.2) is 8.42 Å². The molecule has 1 saturated heterocycles. The fourth-order valence-corrected chi connectivity index (χ4v) is 6.13. The van der Waals surface area contributed by atoms with Crippen molar-refractivity contribution in [1.29, 1.82) is 0 Å². The highest BCUT2D eigenvalue weighted by atomic mass is 32.2. The predicted molar refractivity (Wildman–Crippen MR) is 158 cm³/mol. The van der Waals surface area contributed by atoms with Crippen LogP contribution in [0.25, 0.3) is 11.3 Å². The second-order valence-electron chi connectivity index (χ2n) is 9.93. The van der Waals surface area contributed by atoms with Gasteiger partial charge in [-0.15, -0.1) is 0 Å². The maximum absolute atomic E-state index is 13.3. The molecule has 3 N–H and O–H groups in total. The zero-order chi connectivity index (χ0) is 27.5. The van der Waals surface area contributed by atoms with Crippen LogP contribution in [0.1, 0.15) is 29.5 Å². The van der Waals surface area contributed by atoms with Gasteiger partial charge in [0.1, 0.15) is 4.90 Å². The Morgan fingerprint density at radius 2 is 1.65 bits per heavy atom. The van der Waals surface area contributed by atoms with Gasteiger partial charge >= 0.3 is 0 Å². The molecule has 4 aromatic rings. The van der Waals surface area contributed by atoms with Crippen LogP contribution in [-0.2, 0) is 21.4 Å². The Kier molecular flexibility index (Phi) is 7.06. The molecule has 0 aliphatic carbocycles. The Bertz CT molecular complexity index is 1670. The number of rotatable bonds is 8. The lowest BCUT2D eigenvalue weighted by Gasteiger charge is -2.17. The third-order valence-corrected chi connectivity index (χ3v) is 8.47. The molecule has 0 radical (unpaired) electrons. The highest BCUT2D eigenvalue weighted by Crippen LogP contribution is 2.39. The molecule has 1 amide bonds. The minimum atomic E-state index is -3.85. The number of carbonyl (C=O) groups excluding carboxylic acids is 1. The number of benzene rings is 3. The summed E-state index contributed by atoms with van der Waals surface area (Å²) in [6.45, 7) is 3.21. The molecule has 0 unspecified atom stereocenters. The lowest BCUT2D eigenvalue weighted by molar-refractivity contribution is -0.110. The zero-order valence-electron chi connectivity index (χ0n) is 21.8. The summed E-state index contributed by atoms with van der Waals surface area (Å²) in [4.78, 5) is 19.8. The van der Waals surface area contributed by atoms with Crippen LogP contribution in [0.2, 0.25) is 0 Å². The van der Waals surface area contributed by atoms with E-state index >= 15 is 0 Å². The quantitative estimate of drug-likeness (QED) is 0.253. The van der Waals surface area contributed by atoms with Gasteiger partial charge in [-0.3, -0.25) is 19.4 Å². The van der Waals surface area contributed by atoms with Crippen LogP contribution >= 0.6 is 0 Å². The Hall–Kier alpha value is -4.47. The summed E-state index contributed by atoms with van der Waals surface area (Å²) < 4.78 is 28.4. The summed E-state index contributed by atoms with van der Waals surface area (Å²) >= 11 is 0. The van der Waals surface area contributed by atoms with E-state index in [1.165, 1.54) is 36.9 Å². The third kappa shape index (κ3) is 5.47. The number of nitrogens with zero attached hydrogens (tertiary/aromatic N) is 2. The van der Waals surface area contributed by atoms with E-state index in [2.05, 4.69) is 37.4 Å². The van der Waals surface area contributed by atoms with Crippen molar-refractivity contribution < 1.29 is 13.2 Å². The number of hydrogen-bond acceptors (Lipinski definition) is 6. The van der Waals surface area contributed by atoms with Crippen LogP contribution in [0.3, 0.4) is 0 Å². The van der Waals surface area contributed by atoms with Crippen molar-refractivity contribution in [1.82, 2.24) is 9.88 Å². The molecule has 1 aromatic heterocycles. The Morgan fingerprint density at radius 3 is 2.38 bits per heavy atom. The fraction of sp³-hybridized carbons (Fsp3) is 0.161. The molecule has 2 aliphatic rings. The number of hydrogen-bond donors (Lipinski definition) is 3. The van der Waals surface area contributed by atoms with Crippen LogP contribution in [-0.4, -0.2) is 37.3 Å². The molecule has 0 spiro atoms. The molecule has 0 atom stereocenters. The number of anilines is 3. The van der Waals surface area contributed by atoms with E-state index in [4.69, 9.17) is 0 Å².